The lowest BCUT2D eigenvalue weighted by Gasteiger charge is -2.22. The molecule has 1 aromatic carbocycles. The largest absolute Gasteiger partial charge is 0.461 e. The third-order valence-corrected chi connectivity index (χ3v) is 4.24. The van der Waals surface area contributed by atoms with Crippen LogP contribution < -0.4 is 5.32 Å². The van der Waals surface area contributed by atoms with Crippen LogP contribution in [0.3, 0.4) is 0 Å². The van der Waals surface area contributed by atoms with Gasteiger partial charge in [-0.2, -0.15) is 0 Å². The molecular weight excluding hydrogens is 308 g/mol. The van der Waals surface area contributed by atoms with Crippen LogP contribution in [0.1, 0.15) is 21.6 Å². The molecule has 0 saturated carbocycles. The number of aliphatic hydroxyl groups is 1. The number of fused-ring (bicyclic) bond motifs is 1. The molecule has 0 unspecified atom stereocenters. The highest BCUT2D eigenvalue weighted by molar-refractivity contribution is 5.93. The Morgan fingerprint density at radius 1 is 1.17 bits per heavy atom. The van der Waals surface area contributed by atoms with Gasteiger partial charge in [0.2, 0.25) is 5.76 Å². The molecule has 24 heavy (non-hydrogen) atoms. The number of hydrogen-bond acceptors (Lipinski definition) is 5. The van der Waals surface area contributed by atoms with E-state index in [4.69, 9.17) is 8.94 Å². The molecule has 2 N–H and O–H groups in total. The van der Waals surface area contributed by atoms with Gasteiger partial charge < -0.3 is 19.4 Å². The predicted molar refractivity (Wildman–Crippen MR) is 85.3 cm³/mol. The van der Waals surface area contributed by atoms with Crippen molar-refractivity contribution in [2.45, 2.75) is 18.4 Å². The minimum atomic E-state index is -0.965. The van der Waals surface area contributed by atoms with Crippen LogP contribution >= 0.6 is 0 Å². The summed E-state index contributed by atoms with van der Waals surface area (Å²) in [4.78, 5) is 12.2. The Morgan fingerprint density at radius 3 is 2.58 bits per heavy atom. The molecule has 2 heterocycles. The fraction of sp³-hybridized carbons (Fsp3) is 0.222. The molecule has 3 aromatic rings. The lowest BCUT2D eigenvalue weighted by molar-refractivity contribution is 0.0477. The van der Waals surface area contributed by atoms with Crippen LogP contribution in [0.5, 0.6) is 0 Å². The van der Waals surface area contributed by atoms with Crippen molar-refractivity contribution in [3.05, 3.63) is 65.5 Å². The summed E-state index contributed by atoms with van der Waals surface area (Å²) in [5, 5.41) is 17.2. The van der Waals surface area contributed by atoms with Gasteiger partial charge in [-0.25, -0.2) is 0 Å². The molecule has 6 heteroatoms. The van der Waals surface area contributed by atoms with E-state index in [0.29, 0.717) is 24.4 Å². The first-order valence-corrected chi connectivity index (χ1v) is 7.71. The average Bonchev–Trinajstić information content (AvgIpc) is 3.30. The number of furan rings is 1. The van der Waals surface area contributed by atoms with Crippen molar-refractivity contribution >= 4 is 5.91 Å². The van der Waals surface area contributed by atoms with Gasteiger partial charge in [-0.3, -0.25) is 4.79 Å². The molecule has 0 atom stereocenters. The van der Waals surface area contributed by atoms with Crippen LogP contribution in [0.2, 0.25) is 0 Å². The van der Waals surface area contributed by atoms with Crippen molar-refractivity contribution in [1.29, 1.82) is 0 Å². The molecule has 1 amide bonds. The smallest absolute Gasteiger partial charge is 0.273 e. The fourth-order valence-electron chi connectivity index (χ4n) is 3.05. The minimum absolute atomic E-state index is 0.153. The lowest BCUT2D eigenvalue weighted by atomic mass is 10.0. The third-order valence-electron chi connectivity index (χ3n) is 4.24. The van der Waals surface area contributed by atoms with E-state index >= 15 is 0 Å². The van der Waals surface area contributed by atoms with Gasteiger partial charge in [-0.1, -0.05) is 29.4 Å². The predicted octanol–water partition coefficient (Wildman–Crippen LogP) is 2.19. The van der Waals surface area contributed by atoms with Gasteiger partial charge in [0.1, 0.15) is 0 Å². The average molecular weight is 324 g/mol. The summed E-state index contributed by atoms with van der Waals surface area (Å²) in [7, 11) is 0. The summed E-state index contributed by atoms with van der Waals surface area (Å²) in [6.45, 7) is 0.156. The third kappa shape index (κ3) is 2.72. The number of rotatable bonds is 4. The molecule has 1 aliphatic carbocycles. The van der Waals surface area contributed by atoms with Crippen molar-refractivity contribution in [1.82, 2.24) is 10.5 Å². The molecule has 0 spiro atoms. The number of benzene rings is 1. The zero-order chi connectivity index (χ0) is 16.6. The number of nitrogens with one attached hydrogen (secondary N) is 1. The van der Waals surface area contributed by atoms with E-state index < -0.39 is 5.60 Å². The Hall–Kier alpha value is -2.86. The Bertz CT molecular complexity index is 842. The SMILES string of the molecule is O=C(NCC1(O)Cc2ccccc2C1)c1cc(-c2ccco2)on1. The Morgan fingerprint density at radius 2 is 1.92 bits per heavy atom. The molecule has 2 aromatic heterocycles. The number of hydrogen-bond donors (Lipinski definition) is 2. The van der Waals surface area contributed by atoms with Crippen molar-refractivity contribution < 1.29 is 18.8 Å². The molecule has 1 aliphatic rings. The summed E-state index contributed by atoms with van der Waals surface area (Å²) >= 11 is 0. The fourth-order valence-corrected chi connectivity index (χ4v) is 3.05. The molecule has 6 nitrogen and oxygen atoms in total. The number of aromatic nitrogens is 1. The minimum Gasteiger partial charge on any atom is -0.461 e. The molecular formula is C18H16N2O4. The van der Waals surface area contributed by atoms with Crippen molar-refractivity contribution in [3.8, 4) is 11.5 Å². The van der Waals surface area contributed by atoms with E-state index in [1.807, 2.05) is 24.3 Å². The Labute approximate surface area is 138 Å². The number of amides is 1. The van der Waals surface area contributed by atoms with E-state index in [1.54, 1.807) is 12.1 Å². The van der Waals surface area contributed by atoms with Crippen molar-refractivity contribution in [2.24, 2.45) is 0 Å². The molecule has 0 saturated heterocycles. The highest BCUT2D eigenvalue weighted by Gasteiger charge is 2.35. The topological polar surface area (TPSA) is 88.5 Å². The molecule has 0 bridgehead atoms. The summed E-state index contributed by atoms with van der Waals surface area (Å²) in [5.41, 5.74) is 1.43. The summed E-state index contributed by atoms with van der Waals surface area (Å²) in [6.07, 6.45) is 2.57. The highest BCUT2D eigenvalue weighted by Crippen LogP contribution is 2.29. The maximum atomic E-state index is 12.2. The summed E-state index contributed by atoms with van der Waals surface area (Å²) < 4.78 is 10.3. The Kier molecular flexibility index (Phi) is 3.46. The van der Waals surface area contributed by atoms with Gasteiger partial charge >= 0.3 is 0 Å². The number of nitrogens with zero attached hydrogens (tertiary/aromatic N) is 1. The van der Waals surface area contributed by atoms with Gasteiger partial charge in [-0.05, 0) is 23.3 Å². The van der Waals surface area contributed by atoms with Gasteiger partial charge in [0.15, 0.2) is 11.5 Å². The zero-order valence-electron chi connectivity index (χ0n) is 12.9. The van der Waals surface area contributed by atoms with Gasteiger partial charge in [0, 0.05) is 25.5 Å². The molecule has 0 fully saturated rings. The summed E-state index contributed by atoms with van der Waals surface area (Å²) in [6, 6.07) is 12.9. The second-order valence-electron chi connectivity index (χ2n) is 6.08. The number of carbonyl (C=O) groups is 1. The zero-order valence-corrected chi connectivity index (χ0v) is 12.9. The molecule has 4 rings (SSSR count). The van der Waals surface area contributed by atoms with Gasteiger partial charge in [0.05, 0.1) is 11.9 Å². The second-order valence-corrected chi connectivity index (χ2v) is 6.08. The van der Waals surface area contributed by atoms with Crippen molar-refractivity contribution in [2.75, 3.05) is 6.54 Å². The van der Waals surface area contributed by atoms with E-state index in [1.165, 1.54) is 12.3 Å². The molecule has 0 radical (unpaired) electrons. The Balaban J connectivity index is 1.41. The first kappa shape index (κ1) is 14.7. The van der Waals surface area contributed by atoms with Crippen molar-refractivity contribution in [3.63, 3.8) is 0 Å². The second kappa shape index (κ2) is 5.65. The monoisotopic (exact) mass is 324 g/mol. The van der Waals surface area contributed by atoms with Crippen LogP contribution in [-0.4, -0.2) is 28.3 Å². The maximum Gasteiger partial charge on any atom is 0.273 e. The molecule has 122 valence electrons. The first-order chi connectivity index (χ1) is 11.6. The van der Waals surface area contributed by atoms with Crippen LogP contribution in [-0.2, 0) is 12.8 Å². The van der Waals surface area contributed by atoms with E-state index in [0.717, 1.165) is 11.1 Å². The quantitative estimate of drug-likeness (QED) is 0.768. The first-order valence-electron chi connectivity index (χ1n) is 7.71. The van der Waals surface area contributed by atoms with Crippen LogP contribution in [0.25, 0.3) is 11.5 Å². The maximum absolute atomic E-state index is 12.2. The van der Waals surface area contributed by atoms with Crippen LogP contribution in [0.15, 0.2) is 57.7 Å². The number of carbonyl (C=O) groups excluding carboxylic acids is 1. The lowest BCUT2D eigenvalue weighted by Crippen LogP contribution is -2.43. The summed E-state index contributed by atoms with van der Waals surface area (Å²) in [5.74, 6) is 0.504. The van der Waals surface area contributed by atoms with E-state index in [2.05, 4.69) is 10.5 Å². The van der Waals surface area contributed by atoms with E-state index in [9.17, 15) is 9.90 Å². The van der Waals surface area contributed by atoms with Crippen LogP contribution in [0.4, 0.5) is 0 Å². The standard InChI is InChI=1S/C18H16N2O4/c21-17(14-8-16(24-20-14)15-6-3-7-23-15)19-11-18(22)9-12-4-1-2-5-13(12)10-18/h1-8,22H,9-11H2,(H,19,21). The van der Waals surface area contributed by atoms with Gasteiger partial charge in [0.25, 0.3) is 5.91 Å². The normalized spacial score (nSPS) is 15.2. The highest BCUT2D eigenvalue weighted by atomic mass is 16.5. The van der Waals surface area contributed by atoms with E-state index in [-0.39, 0.29) is 18.1 Å². The van der Waals surface area contributed by atoms with Gasteiger partial charge in [-0.15, -0.1) is 0 Å². The molecule has 0 aliphatic heterocycles. The van der Waals surface area contributed by atoms with Crippen LogP contribution in [0, 0.1) is 0 Å².